The van der Waals surface area contributed by atoms with Crippen molar-refractivity contribution in [3.63, 3.8) is 0 Å². The normalized spacial score (nSPS) is 10.6. The van der Waals surface area contributed by atoms with Gasteiger partial charge in [-0.2, -0.15) is 12.6 Å². The van der Waals surface area contributed by atoms with Crippen molar-refractivity contribution in [2.24, 2.45) is 0 Å². The number of thiol groups is 1. The molecular formula is C12H13NOS. The first-order valence-electron chi connectivity index (χ1n) is 4.80. The monoisotopic (exact) mass is 219 g/mol. The molecule has 0 fully saturated rings. The summed E-state index contributed by atoms with van der Waals surface area (Å²) in [6, 6.07) is 8.02. The van der Waals surface area contributed by atoms with E-state index in [1.54, 1.807) is 7.11 Å². The van der Waals surface area contributed by atoms with Crippen LogP contribution in [0.3, 0.4) is 0 Å². The van der Waals surface area contributed by atoms with Gasteiger partial charge in [-0.05, 0) is 24.6 Å². The van der Waals surface area contributed by atoms with Gasteiger partial charge in [-0.3, -0.25) is 0 Å². The number of pyridine rings is 1. The number of aryl methyl sites for hydroxylation is 1. The largest absolute Gasteiger partial charge is 0.494 e. The van der Waals surface area contributed by atoms with Crippen molar-refractivity contribution in [3.8, 4) is 5.75 Å². The zero-order valence-electron chi connectivity index (χ0n) is 8.82. The SMILES string of the molecule is COc1cccc2c(CS)cc(C)nc12. The van der Waals surface area contributed by atoms with Crippen molar-refractivity contribution in [3.05, 3.63) is 35.5 Å². The van der Waals surface area contributed by atoms with Crippen molar-refractivity contribution in [2.45, 2.75) is 12.7 Å². The number of benzene rings is 1. The van der Waals surface area contributed by atoms with Crippen molar-refractivity contribution >= 4 is 23.5 Å². The maximum atomic E-state index is 5.29. The van der Waals surface area contributed by atoms with E-state index in [9.17, 15) is 0 Å². The lowest BCUT2D eigenvalue weighted by Gasteiger charge is -2.08. The fourth-order valence-corrected chi connectivity index (χ4v) is 1.99. The Morgan fingerprint density at radius 2 is 2.20 bits per heavy atom. The molecule has 0 aliphatic heterocycles. The molecule has 0 saturated heterocycles. The van der Waals surface area contributed by atoms with E-state index in [1.807, 2.05) is 19.1 Å². The van der Waals surface area contributed by atoms with Gasteiger partial charge < -0.3 is 4.74 Å². The van der Waals surface area contributed by atoms with E-state index in [0.29, 0.717) is 5.75 Å². The molecule has 2 rings (SSSR count). The van der Waals surface area contributed by atoms with Crippen LogP contribution >= 0.6 is 12.6 Å². The van der Waals surface area contributed by atoms with Gasteiger partial charge in [0.2, 0.25) is 0 Å². The van der Waals surface area contributed by atoms with Crippen molar-refractivity contribution in [1.82, 2.24) is 4.98 Å². The van der Waals surface area contributed by atoms with E-state index in [-0.39, 0.29) is 0 Å². The number of rotatable bonds is 2. The van der Waals surface area contributed by atoms with Crippen LogP contribution in [0.1, 0.15) is 11.3 Å². The van der Waals surface area contributed by atoms with Gasteiger partial charge in [0.1, 0.15) is 11.3 Å². The molecule has 0 unspecified atom stereocenters. The summed E-state index contributed by atoms with van der Waals surface area (Å²) in [5.41, 5.74) is 3.11. The number of hydrogen-bond acceptors (Lipinski definition) is 3. The maximum absolute atomic E-state index is 5.29. The number of hydrogen-bond donors (Lipinski definition) is 1. The highest BCUT2D eigenvalue weighted by Crippen LogP contribution is 2.27. The molecule has 0 atom stereocenters. The Morgan fingerprint density at radius 1 is 1.40 bits per heavy atom. The summed E-state index contributed by atoms with van der Waals surface area (Å²) < 4.78 is 5.29. The van der Waals surface area contributed by atoms with Crippen molar-refractivity contribution in [1.29, 1.82) is 0 Å². The second-order valence-electron chi connectivity index (χ2n) is 3.44. The summed E-state index contributed by atoms with van der Waals surface area (Å²) in [5.74, 6) is 1.53. The first-order chi connectivity index (χ1) is 7.26. The zero-order valence-corrected chi connectivity index (χ0v) is 9.71. The predicted octanol–water partition coefficient (Wildman–Crippen LogP) is 2.98. The summed E-state index contributed by atoms with van der Waals surface area (Å²) in [7, 11) is 1.67. The summed E-state index contributed by atoms with van der Waals surface area (Å²) in [6.45, 7) is 1.98. The molecule has 0 bridgehead atoms. The predicted molar refractivity (Wildman–Crippen MR) is 65.7 cm³/mol. The first kappa shape index (κ1) is 10.3. The highest BCUT2D eigenvalue weighted by Gasteiger charge is 2.06. The Labute approximate surface area is 94.7 Å². The number of fused-ring (bicyclic) bond motifs is 1. The van der Waals surface area contributed by atoms with Crippen LogP contribution in [0.25, 0.3) is 10.9 Å². The first-order valence-corrected chi connectivity index (χ1v) is 5.43. The van der Waals surface area contributed by atoms with Crippen LogP contribution in [0, 0.1) is 6.92 Å². The second kappa shape index (κ2) is 4.11. The van der Waals surface area contributed by atoms with Gasteiger partial charge in [0, 0.05) is 16.8 Å². The Hall–Kier alpha value is -1.22. The summed E-state index contributed by atoms with van der Waals surface area (Å²) >= 11 is 4.33. The fourth-order valence-electron chi connectivity index (χ4n) is 1.73. The highest BCUT2D eigenvalue weighted by atomic mass is 32.1. The minimum Gasteiger partial charge on any atom is -0.494 e. The Morgan fingerprint density at radius 3 is 2.87 bits per heavy atom. The lowest BCUT2D eigenvalue weighted by Crippen LogP contribution is -1.93. The molecule has 0 radical (unpaired) electrons. The molecule has 0 N–H and O–H groups in total. The molecule has 0 aliphatic carbocycles. The third-order valence-electron chi connectivity index (χ3n) is 2.41. The number of ether oxygens (including phenoxy) is 1. The van der Waals surface area contributed by atoms with E-state index < -0.39 is 0 Å². The van der Waals surface area contributed by atoms with Crippen molar-refractivity contribution < 1.29 is 4.74 Å². The molecule has 0 saturated carbocycles. The van der Waals surface area contributed by atoms with Crippen LogP contribution in [0.5, 0.6) is 5.75 Å². The molecule has 2 aromatic rings. The van der Waals surface area contributed by atoms with Gasteiger partial charge in [-0.15, -0.1) is 0 Å². The molecule has 0 aliphatic rings. The minimum absolute atomic E-state index is 0.715. The number of aromatic nitrogens is 1. The molecular weight excluding hydrogens is 206 g/mol. The maximum Gasteiger partial charge on any atom is 0.145 e. The zero-order chi connectivity index (χ0) is 10.8. The molecule has 2 nitrogen and oxygen atoms in total. The van der Waals surface area contributed by atoms with Gasteiger partial charge >= 0.3 is 0 Å². The standard InChI is InChI=1S/C12H13NOS/c1-8-6-9(7-15)10-4-3-5-11(14-2)12(10)13-8/h3-6,15H,7H2,1-2H3. The molecule has 0 spiro atoms. The number of para-hydroxylation sites is 1. The van der Waals surface area contributed by atoms with Crippen LogP contribution in [0.15, 0.2) is 24.3 Å². The van der Waals surface area contributed by atoms with Gasteiger partial charge in [0.05, 0.1) is 7.11 Å². The number of nitrogens with zero attached hydrogens (tertiary/aromatic N) is 1. The molecule has 1 aromatic heterocycles. The third-order valence-corrected chi connectivity index (χ3v) is 2.75. The molecule has 1 aromatic carbocycles. The van der Waals surface area contributed by atoms with Gasteiger partial charge in [-0.25, -0.2) is 4.98 Å². The van der Waals surface area contributed by atoms with Crippen LogP contribution in [0.4, 0.5) is 0 Å². The van der Waals surface area contributed by atoms with Gasteiger partial charge in [0.25, 0.3) is 0 Å². The second-order valence-corrected chi connectivity index (χ2v) is 3.75. The fraction of sp³-hybridized carbons (Fsp3) is 0.250. The number of methoxy groups -OCH3 is 1. The smallest absolute Gasteiger partial charge is 0.145 e. The Kier molecular flexibility index (Phi) is 2.82. The lowest BCUT2D eigenvalue weighted by molar-refractivity contribution is 0.419. The van der Waals surface area contributed by atoms with Crippen LogP contribution < -0.4 is 4.74 Å². The quantitative estimate of drug-likeness (QED) is 0.784. The average molecular weight is 219 g/mol. The van der Waals surface area contributed by atoms with Gasteiger partial charge in [0.15, 0.2) is 0 Å². The lowest BCUT2D eigenvalue weighted by atomic mass is 10.1. The third kappa shape index (κ3) is 1.79. The Balaban J connectivity index is 2.82. The van der Waals surface area contributed by atoms with Crippen molar-refractivity contribution in [2.75, 3.05) is 7.11 Å². The van der Waals surface area contributed by atoms with Crippen LogP contribution in [-0.4, -0.2) is 12.1 Å². The summed E-state index contributed by atoms with van der Waals surface area (Å²) in [5, 5.41) is 1.12. The molecule has 1 heterocycles. The highest BCUT2D eigenvalue weighted by molar-refractivity contribution is 7.79. The molecule has 15 heavy (non-hydrogen) atoms. The molecule has 3 heteroatoms. The Bertz CT molecular complexity index is 496. The topological polar surface area (TPSA) is 22.1 Å². The van der Waals surface area contributed by atoms with E-state index in [2.05, 4.69) is 29.7 Å². The van der Waals surface area contributed by atoms with E-state index in [0.717, 1.165) is 22.3 Å². The minimum atomic E-state index is 0.715. The van der Waals surface area contributed by atoms with E-state index >= 15 is 0 Å². The average Bonchev–Trinajstić information content (AvgIpc) is 2.27. The van der Waals surface area contributed by atoms with E-state index in [1.165, 1.54) is 5.56 Å². The summed E-state index contributed by atoms with van der Waals surface area (Å²) in [6.07, 6.45) is 0. The summed E-state index contributed by atoms with van der Waals surface area (Å²) in [4.78, 5) is 4.50. The van der Waals surface area contributed by atoms with E-state index in [4.69, 9.17) is 4.74 Å². The van der Waals surface area contributed by atoms with Gasteiger partial charge in [-0.1, -0.05) is 12.1 Å². The van der Waals surface area contributed by atoms with Crippen LogP contribution in [0.2, 0.25) is 0 Å². The molecule has 0 amide bonds. The molecule has 78 valence electrons. The van der Waals surface area contributed by atoms with Crippen LogP contribution in [-0.2, 0) is 5.75 Å².